The Morgan fingerprint density at radius 3 is 2.25 bits per heavy atom. The van der Waals surface area contributed by atoms with Crippen molar-refractivity contribution in [2.24, 2.45) is 0 Å². The number of carbonyl (C=O) groups excluding carboxylic acids is 2. The van der Waals surface area contributed by atoms with Gasteiger partial charge in [-0.15, -0.1) is 23.1 Å². The highest BCUT2D eigenvalue weighted by Gasteiger charge is 2.24. The lowest BCUT2D eigenvalue weighted by Crippen LogP contribution is -2.19. The maximum Gasteiger partial charge on any atom is 0.244 e. The van der Waals surface area contributed by atoms with Crippen molar-refractivity contribution in [1.29, 1.82) is 0 Å². The fourth-order valence-electron chi connectivity index (χ4n) is 3.70. The van der Waals surface area contributed by atoms with Gasteiger partial charge in [-0.1, -0.05) is 74.0 Å². The number of aryl methyl sites for hydroxylation is 1. The van der Waals surface area contributed by atoms with Gasteiger partial charge in [-0.3, -0.25) is 9.59 Å². The molecule has 1 atom stereocenters. The molecule has 1 aromatic heterocycles. The molecule has 7 heteroatoms. The van der Waals surface area contributed by atoms with Crippen molar-refractivity contribution in [3.8, 4) is 11.3 Å². The van der Waals surface area contributed by atoms with Crippen LogP contribution in [0.15, 0.2) is 89.8 Å². The van der Waals surface area contributed by atoms with Gasteiger partial charge < -0.3 is 10.6 Å². The lowest BCUT2D eigenvalue weighted by molar-refractivity contribution is -0.116. The topological polar surface area (TPSA) is 71.1 Å². The van der Waals surface area contributed by atoms with Gasteiger partial charge in [0.25, 0.3) is 0 Å². The van der Waals surface area contributed by atoms with Crippen LogP contribution in [0.2, 0.25) is 0 Å². The fraction of sp³-hybridized carbons (Fsp3) is 0.207. The van der Waals surface area contributed by atoms with Crippen LogP contribution in [-0.2, 0) is 9.59 Å². The second kappa shape index (κ2) is 12.5. The number of aromatic nitrogens is 1. The van der Waals surface area contributed by atoms with Crippen molar-refractivity contribution < 1.29 is 9.59 Å². The molecule has 36 heavy (non-hydrogen) atoms. The molecule has 0 saturated heterocycles. The molecule has 0 aliphatic rings. The van der Waals surface area contributed by atoms with Crippen LogP contribution in [-0.4, -0.2) is 16.8 Å². The number of thiazole rings is 1. The van der Waals surface area contributed by atoms with Crippen LogP contribution in [0.25, 0.3) is 11.3 Å². The van der Waals surface area contributed by atoms with Gasteiger partial charge in [-0.2, -0.15) is 0 Å². The Morgan fingerprint density at radius 2 is 1.58 bits per heavy atom. The Bertz CT molecular complexity index is 1290. The van der Waals surface area contributed by atoms with Gasteiger partial charge in [0, 0.05) is 27.4 Å². The van der Waals surface area contributed by atoms with E-state index in [-0.39, 0.29) is 11.8 Å². The summed E-state index contributed by atoms with van der Waals surface area (Å²) < 4.78 is 0. The Labute approximate surface area is 220 Å². The molecule has 0 saturated carbocycles. The number of benzene rings is 3. The molecule has 2 amide bonds. The number of unbranched alkanes of at least 4 members (excludes halogenated alkanes) is 1. The summed E-state index contributed by atoms with van der Waals surface area (Å²) in [5.74, 6) is -0.107. The van der Waals surface area contributed by atoms with Gasteiger partial charge in [-0.05, 0) is 43.2 Å². The number of nitrogens with zero attached hydrogens (tertiary/aromatic N) is 1. The van der Waals surface area contributed by atoms with Crippen molar-refractivity contribution >= 4 is 45.7 Å². The van der Waals surface area contributed by atoms with Crippen LogP contribution in [0, 0.1) is 6.92 Å². The number of thioether (sulfide) groups is 1. The summed E-state index contributed by atoms with van der Waals surface area (Å²) in [4.78, 5) is 32.2. The second-order valence-electron chi connectivity index (χ2n) is 8.36. The first-order valence-corrected chi connectivity index (χ1v) is 13.7. The molecule has 0 aliphatic carbocycles. The average Bonchev–Trinajstić information content (AvgIpc) is 3.27. The maximum absolute atomic E-state index is 13.5. The third-order valence-corrected chi connectivity index (χ3v) is 7.72. The summed E-state index contributed by atoms with van der Waals surface area (Å²) in [6, 6.07) is 27.3. The number of hydrogen-bond donors (Lipinski definition) is 2. The largest absolute Gasteiger partial charge is 0.326 e. The van der Waals surface area contributed by atoms with Crippen LogP contribution >= 0.6 is 23.1 Å². The van der Waals surface area contributed by atoms with E-state index in [1.807, 2.05) is 91.9 Å². The molecule has 4 rings (SSSR count). The first-order chi connectivity index (χ1) is 17.5. The van der Waals surface area contributed by atoms with Crippen molar-refractivity contribution in [3.05, 3.63) is 95.4 Å². The number of nitrogens with one attached hydrogen (secondary N) is 2. The summed E-state index contributed by atoms with van der Waals surface area (Å²) in [7, 11) is 0. The molecular weight excluding hydrogens is 486 g/mol. The van der Waals surface area contributed by atoms with Crippen LogP contribution in [0.3, 0.4) is 0 Å². The smallest absolute Gasteiger partial charge is 0.244 e. The molecule has 2 N–H and O–H groups in total. The fourth-order valence-corrected chi connectivity index (χ4v) is 5.56. The highest BCUT2D eigenvalue weighted by atomic mass is 32.2. The van der Waals surface area contributed by atoms with E-state index < -0.39 is 5.25 Å². The maximum atomic E-state index is 13.5. The van der Waals surface area contributed by atoms with Crippen LogP contribution in [0.1, 0.15) is 41.9 Å². The number of carbonyl (C=O) groups is 2. The summed E-state index contributed by atoms with van der Waals surface area (Å²) in [6.45, 7) is 4.08. The monoisotopic (exact) mass is 515 g/mol. The molecule has 1 unspecified atom stereocenters. The molecule has 1 heterocycles. The lowest BCUT2D eigenvalue weighted by Gasteiger charge is -2.16. The number of hydrogen-bond acceptors (Lipinski definition) is 5. The summed E-state index contributed by atoms with van der Waals surface area (Å²) >= 11 is 2.95. The van der Waals surface area contributed by atoms with E-state index in [1.165, 1.54) is 23.1 Å². The van der Waals surface area contributed by atoms with Gasteiger partial charge in [-0.25, -0.2) is 4.98 Å². The molecule has 5 nitrogen and oxygen atoms in total. The molecular formula is C29H29N3O2S2. The molecule has 0 fully saturated rings. The van der Waals surface area contributed by atoms with Gasteiger partial charge >= 0.3 is 0 Å². The van der Waals surface area contributed by atoms with E-state index in [2.05, 4.69) is 17.6 Å². The Morgan fingerprint density at radius 1 is 0.917 bits per heavy atom. The Kier molecular flexibility index (Phi) is 8.92. The quantitative estimate of drug-likeness (QED) is 0.212. The van der Waals surface area contributed by atoms with Crippen LogP contribution in [0.4, 0.5) is 10.8 Å². The number of amides is 2. The van der Waals surface area contributed by atoms with Gasteiger partial charge in [0.15, 0.2) is 5.13 Å². The predicted molar refractivity (Wildman–Crippen MR) is 151 cm³/mol. The van der Waals surface area contributed by atoms with E-state index >= 15 is 0 Å². The average molecular weight is 516 g/mol. The lowest BCUT2D eigenvalue weighted by atomic mass is 10.1. The van der Waals surface area contributed by atoms with E-state index in [1.54, 1.807) is 0 Å². The van der Waals surface area contributed by atoms with E-state index in [0.717, 1.165) is 45.1 Å². The number of anilines is 2. The van der Waals surface area contributed by atoms with Crippen LogP contribution < -0.4 is 10.6 Å². The summed E-state index contributed by atoms with van der Waals surface area (Å²) in [5, 5.41) is 6.10. The highest BCUT2D eigenvalue weighted by Crippen LogP contribution is 2.38. The molecule has 4 aromatic rings. The minimum absolute atomic E-state index is 0.0207. The molecule has 184 valence electrons. The van der Waals surface area contributed by atoms with E-state index in [9.17, 15) is 9.59 Å². The minimum Gasteiger partial charge on any atom is -0.326 e. The molecule has 0 aliphatic heterocycles. The van der Waals surface area contributed by atoms with Crippen molar-refractivity contribution in [2.45, 2.75) is 43.3 Å². The SMILES string of the molecule is CCCCC(=O)Nc1ccc(SC(C(=O)Nc2nc(-c3ccccc3)c(C)s2)c2ccccc2)cc1. The Hall–Kier alpha value is -3.42. The van der Waals surface area contributed by atoms with Crippen LogP contribution in [0.5, 0.6) is 0 Å². The third kappa shape index (κ3) is 6.83. The predicted octanol–water partition coefficient (Wildman–Crippen LogP) is 7.72. The zero-order valence-corrected chi connectivity index (χ0v) is 22.0. The summed E-state index contributed by atoms with van der Waals surface area (Å²) in [6.07, 6.45) is 2.38. The van der Waals surface area contributed by atoms with Gasteiger partial charge in [0.2, 0.25) is 11.8 Å². The molecule has 0 radical (unpaired) electrons. The van der Waals surface area contributed by atoms with Crippen molar-refractivity contribution in [3.63, 3.8) is 0 Å². The second-order valence-corrected chi connectivity index (χ2v) is 10.7. The normalized spacial score (nSPS) is 11.6. The Balaban J connectivity index is 1.49. The van der Waals surface area contributed by atoms with Crippen molar-refractivity contribution in [2.75, 3.05) is 10.6 Å². The van der Waals surface area contributed by atoms with Crippen molar-refractivity contribution in [1.82, 2.24) is 4.98 Å². The zero-order chi connectivity index (χ0) is 25.3. The zero-order valence-electron chi connectivity index (χ0n) is 20.4. The van der Waals surface area contributed by atoms with E-state index in [0.29, 0.717) is 11.6 Å². The first-order valence-electron chi connectivity index (χ1n) is 12.0. The van der Waals surface area contributed by atoms with Gasteiger partial charge in [0.1, 0.15) is 5.25 Å². The molecule has 0 spiro atoms. The minimum atomic E-state index is -0.458. The standard InChI is InChI=1S/C29H29N3O2S2/c1-3-4-15-25(33)30-23-16-18-24(19-17-23)36-27(22-13-9-6-10-14-22)28(34)32-29-31-26(20(2)35-29)21-11-7-5-8-12-21/h5-14,16-19,27H,3-4,15H2,1-2H3,(H,30,33)(H,31,32,34). The summed E-state index contributed by atoms with van der Waals surface area (Å²) in [5.41, 5.74) is 3.58. The molecule has 3 aromatic carbocycles. The van der Waals surface area contributed by atoms with E-state index in [4.69, 9.17) is 4.98 Å². The molecule has 0 bridgehead atoms. The first kappa shape index (κ1) is 25.7. The third-order valence-electron chi connectivity index (χ3n) is 5.56. The van der Waals surface area contributed by atoms with Gasteiger partial charge in [0.05, 0.1) is 5.69 Å². The number of rotatable bonds is 10. The highest BCUT2D eigenvalue weighted by molar-refractivity contribution is 8.00.